The first-order valence-corrected chi connectivity index (χ1v) is 3.59. The summed E-state index contributed by atoms with van der Waals surface area (Å²) in [6.07, 6.45) is 2.83. The molecule has 0 amide bonds. The predicted molar refractivity (Wildman–Crippen MR) is 44.7 cm³/mol. The average Bonchev–Trinajstić information content (AvgIpc) is 1.88. The van der Waals surface area contributed by atoms with Crippen molar-refractivity contribution in [3.05, 3.63) is 0 Å². The molecule has 1 fully saturated rings. The zero-order chi connectivity index (χ0) is 6.69. The van der Waals surface area contributed by atoms with E-state index in [1.165, 1.54) is 6.42 Å². The van der Waals surface area contributed by atoms with Gasteiger partial charge in [0.25, 0.3) is 0 Å². The van der Waals surface area contributed by atoms with Crippen LogP contribution in [0.3, 0.4) is 0 Å². The molecule has 1 rings (SSSR count). The lowest BCUT2D eigenvalue weighted by Gasteiger charge is -2.26. The highest BCUT2D eigenvalue weighted by Gasteiger charge is 2.16. The highest BCUT2D eigenvalue weighted by atomic mass is 35.5. The molecule has 0 spiro atoms. The smallest absolute Gasteiger partial charge is 0.0598 e. The van der Waals surface area contributed by atoms with E-state index in [0.29, 0.717) is 12.1 Å². The molecule has 0 radical (unpaired) electrons. The third-order valence-corrected chi connectivity index (χ3v) is 1.91. The lowest BCUT2D eigenvalue weighted by molar-refractivity contribution is 0.0647. The SMILES string of the molecule is CO[C@@H]1CCN[C@@H](C)C1.Cl. The molecule has 0 bridgehead atoms. The number of hydrogen-bond acceptors (Lipinski definition) is 2. The molecule has 0 aromatic heterocycles. The maximum Gasteiger partial charge on any atom is 0.0598 e. The Hall–Kier alpha value is 0.210. The Morgan fingerprint density at radius 1 is 1.50 bits per heavy atom. The minimum absolute atomic E-state index is 0. The fourth-order valence-electron chi connectivity index (χ4n) is 1.30. The first kappa shape index (κ1) is 10.2. The van der Waals surface area contributed by atoms with Gasteiger partial charge < -0.3 is 10.1 Å². The standard InChI is InChI=1S/C7H15NO.ClH/c1-6-5-7(9-2)3-4-8-6;/h6-8H,3-5H2,1-2H3;1H/t6-,7+;/m0./s1. The predicted octanol–water partition coefficient (Wildman–Crippen LogP) is 1.20. The second kappa shape index (κ2) is 4.94. The molecule has 0 aromatic rings. The maximum absolute atomic E-state index is 5.22. The maximum atomic E-state index is 5.22. The molecular formula is C7H16ClNO. The van der Waals surface area contributed by atoms with E-state index in [2.05, 4.69) is 12.2 Å². The number of nitrogens with one attached hydrogen (secondary N) is 1. The molecule has 2 atom stereocenters. The first-order chi connectivity index (χ1) is 4.33. The van der Waals surface area contributed by atoms with Crippen LogP contribution in [0, 0.1) is 0 Å². The van der Waals surface area contributed by atoms with E-state index >= 15 is 0 Å². The zero-order valence-corrected chi connectivity index (χ0v) is 7.41. The van der Waals surface area contributed by atoms with E-state index in [4.69, 9.17) is 4.74 Å². The van der Waals surface area contributed by atoms with E-state index < -0.39 is 0 Å². The number of piperidine rings is 1. The minimum atomic E-state index is 0. The van der Waals surface area contributed by atoms with Gasteiger partial charge in [-0.3, -0.25) is 0 Å². The van der Waals surface area contributed by atoms with Crippen molar-refractivity contribution >= 4 is 12.4 Å². The van der Waals surface area contributed by atoms with Crippen molar-refractivity contribution in [1.82, 2.24) is 5.32 Å². The Balaban J connectivity index is 0.000000810. The Labute approximate surface area is 68.7 Å². The third-order valence-electron chi connectivity index (χ3n) is 1.91. The lowest BCUT2D eigenvalue weighted by atomic mass is 10.0. The summed E-state index contributed by atoms with van der Waals surface area (Å²) in [5.41, 5.74) is 0. The molecule has 62 valence electrons. The minimum Gasteiger partial charge on any atom is -0.381 e. The van der Waals surface area contributed by atoms with E-state index in [1.54, 1.807) is 7.11 Å². The second-order valence-corrected chi connectivity index (χ2v) is 2.74. The molecule has 3 heteroatoms. The van der Waals surface area contributed by atoms with Gasteiger partial charge in [0.05, 0.1) is 6.10 Å². The number of hydrogen-bond donors (Lipinski definition) is 1. The van der Waals surface area contributed by atoms with Crippen LogP contribution in [0.25, 0.3) is 0 Å². The van der Waals surface area contributed by atoms with Crippen LogP contribution in [-0.4, -0.2) is 25.8 Å². The van der Waals surface area contributed by atoms with Crippen molar-refractivity contribution in [1.29, 1.82) is 0 Å². The van der Waals surface area contributed by atoms with Crippen LogP contribution in [0.5, 0.6) is 0 Å². The summed E-state index contributed by atoms with van der Waals surface area (Å²) in [5, 5.41) is 3.37. The molecule has 2 nitrogen and oxygen atoms in total. The van der Waals surface area contributed by atoms with Crippen LogP contribution >= 0.6 is 12.4 Å². The van der Waals surface area contributed by atoms with Crippen molar-refractivity contribution in [2.24, 2.45) is 0 Å². The summed E-state index contributed by atoms with van der Waals surface area (Å²) >= 11 is 0. The van der Waals surface area contributed by atoms with Gasteiger partial charge in [-0.1, -0.05) is 0 Å². The van der Waals surface area contributed by atoms with Crippen molar-refractivity contribution < 1.29 is 4.74 Å². The summed E-state index contributed by atoms with van der Waals surface area (Å²) in [6, 6.07) is 0.642. The van der Waals surface area contributed by atoms with Crippen LogP contribution in [-0.2, 0) is 4.74 Å². The monoisotopic (exact) mass is 165 g/mol. The van der Waals surface area contributed by atoms with Gasteiger partial charge in [-0.15, -0.1) is 12.4 Å². The number of ether oxygens (including phenoxy) is 1. The summed E-state index contributed by atoms with van der Waals surface area (Å²) < 4.78 is 5.22. The second-order valence-electron chi connectivity index (χ2n) is 2.74. The van der Waals surface area contributed by atoms with Crippen molar-refractivity contribution in [2.45, 2.75) is 31.9 Å². The van der Waals surface area contributed by atoms with E-state index in [9.17, 15) is 0 Å². The van der Waals surface area contributed by atoms with Crippen molar-refractivity contribution in [3.63, 3.8) is 0 Å². The van der Waals surface area contributed by atoms with Gasteiger partial charge in [0.2, 0.25) is 0 Å². The summed E-state index contributed by atoms with van der Waals surface area (Å²) in [4.78, 5) is 0. The van der Waals surface area contributed by atoms with Gasteiger partial charge in [0, 0.05) is 13.2 Å². The summed E-state index contributed by atoms with van der Waals surface area (Å²) in [7, 11) is 1.79. The Morgan fingerprint density at radius 3 is 2.60 bits per heavy atom. The van der Waals surface area contributed by atoms with Gasteiger partial charge in [0.1, 0.15) is 0 Å². The molecule has 1 saturated heterocycles. The van der Waals surface area contributed by atoms with Gasteiger partial charge in [-0.25, -0.2) is 0 Å². The number of halogens is 1. The molecule has 1 heterocycles. The van der Waals surface area contributed by atoms with Crippen LogP contribution in [0.2, 0.25) is 0 Å². The Bertz CT molecular complexity index is 89.7. The van der Waals surface area contributed by atoms with Gasteiger partial charge in [-0.05, 0) is 26.3 Å². The number of methoxy groups -OCH3 is 1. The van der Waals surface area contributed by atoms with Crippen LogP contribution < -0.4 is 5.32 Å². The van der Waals surface area contributed by atoms with Crippen LogP contribution in [0.4, 0.5) is 0 Å². The topological polar surface area (TPSA) is 21.3 Å². The molecule has 0 saturated carbocycles. The van der Waals surface area contributed by atoms with Crippen LogP contribution in [0.15, 0.2) is 0 Å². The highest BCUT2D eigenvalue weighted by Crippen LogP contribution is 2.10. The molecule has 1 aliphatic heterocycles. The molecule has 0 aromatic carbocycles. The van der Waals surface area contributed by atoms with E-state index in [-0.39, 0.29) is 12.4 Å². The van der Waals surface area contributed by atoms with E-state index in [0.717, 1.165) is 13.0 Å². The lowest BCUT2D eigenvalue weighted by Crippen LogP contribution is -2.38. The molecule has 0 unspecified atom stereocenters. The van der Waals surface area contributed by atoms with Crippen LogP contribution in [0.1, 0.15) is 19.8 Å². The number of rotatable bonds is 1. The van der Waals surface area contributed by atoms with Gasteiger partial charge in [-0.2, -0.15) is 0 Å². The quantitative estimate of drug-likeness (QED) is 0.631. The molecule has 10 heavy (non-hydrogen) atoms. The largest absolute Gasteiger partial charge is 0.381 e. The van der Waals surface area contributed by atoms with Gasteiger partial charge in [0.15, 0.2) is 0 Å². The summed E-state index contributed by atoms with van der Waals surface area (Å²) in [5.74, 6) is 0. The first-order valence-electron chi connectivity index (χ1n) is 3.59. The van der Waals surface area contributed by atoms with Crippen molar-refractivity contribution in [2.75, 3.05) is 13.7 Å². The molecular weight excluding hydrogens is 150 g/mol. The van der Waals surface area contributed by atoms with E-state index in [1.807, 2.05) is 0 Å². The fraction of sp³-hybridized carbons (Fsp3) is 1.00. The third kappa shape index (κ3) is 2.86. The normalized spacial score (nSPS) is 33.0. The fourth-order valence-corrected chi connectivity index (χ4v) is 1.30. The molecule has 1 N–H and O–H groups in total. The Morgan fingerprint density at radius 2 is 2.20 bits per heavy atom. The highest BCUT2D eigenvalue weighted by molar-refractivity contribution is 5.85. The Kier molecular flexibility index (Phi) is 5.04. The van der Waals surface area contributed by atoms with Gasteiger partial charge >= 0.3 is 0 Å². The molecule has 1 aliphatic rings. The average molecular weight is 166 g/mol. The van der Waals surface area contributed by atoms with Crippen molar-refractivity contribution in [3.8, 4) is 0 Å². The molecule has 0 aliphatic carbocycles. The summed E-state index contributed by atoms with van der Waals surface area (Å²) in [6.45, 7) is 3.31. The zero-order valence-electron chi connectivity index (χ0n) is 6.59.